The van der Waals surface area contributed by atoms with Crippen LogP contribution in [0.2, 0.25) is 0 Å². The standard InChI is InChI=1S/C11H12N2O/c1-8(2)9-3-4-10-12-6-5-11(14)13(10)7-9/h3-8H,1-2H3. The highest BCUT2D eigenvalue weighted by molar-refractivity contribution is 5.39. The van der Waals surface area contributed by atoms with Crippen LogP contribution >= 0.6 is 0 Å². The van der Waals surface area contributed by atoms with Crippen molar-refractivity contribution in [2.24, 2.45) is 0 Å². The van der Waals surface area contributed by atoms with Gasteiger partial charge in [0.05, 0.1) is 0 Å². The summed E-state index contributed by atoms with van der Waals surface area (Å²) in [5, 5.41) is 0. The van der Waals surface area contributed by atoms with Gasteiger partial charge >= 0.3 is 0 Å². The first-order chi connectivity index (χ1) is 6.68. The van der Waals surface area contributed by atoms with E-state index in [0.29, 0.717) is 11.6 Å². The van der Waals surface area contributed by atoms with Crippen molar-refractivity contribution in [2.45, 2.75) is 19.8 Å². The van der Waals surface area contributed by atoms with Crippen molar-refractivity contribution in [3.63, 3.8) is 0 Å². The summed E-state index contributed by atoms with van der Waals surface area (Å²) in [6, 6.07) is 5.35. The van der Waals surface area contributed by atoms with Gasteiger partial charge in [-0.3, -0.25) is 9.20 Å². The van der Waals surface area contributed by atoms with Gasteiger partial charge in [0.2, 0.25) is 0 Å². The zero-order valence-corrected chi connectivity index (χ0v) is 8.27. The molecular formula is C11H12N2O. The molecule has 2 rings (SSSR count). The van der Waals surface area contributed by atoms with Gasteiger partial charge in [-0.25, -0.2) is 4.98 Å². The topological polar surface area (TPSA) is 34.4 Å². The Morgan fingerprint density at radius 3 is 2.79 bits per heavy atom. The number of rotatable bonds is 1. The number of aromatic nitrogens is 2. The fourth-order valence-electron chi connectivity index (χ4n) is 1.39. The van der Waals surface area contributed by atoms with Crippen LogP contribution in [0.3, 0.4) is 0 Å². The molecule has 0 aliphatic carbocycles. The summed E-state index contributed by atoms with van der Waals surface area (Å²) in [6.45, 7) is 4.20. The van der Waals surface area contributed by atoms with Gasteiger partial charge in [0.1, 0.15) is 5.65 Å². The molecule has 2 heterocycles. The second-order valence-electron chi connectivity index (χ2n) is 3.63. The lowest BCUT2D eigenvalue weighted by Crippen LogP contribution is -2.13. The Morgan fingerprint density at radius 1 is 1.29 bits per heavy atom. The fraction of sp³-hybridized carbons (Fsp3) is 0.273. The van der Waals surface area contributed by atoms with Crippen molar-refractivity contribution in [3.05, 3.63) is 46.5 Å². The summed E-state index contributed by atoms with van der Waals surface area (Å²) in [6.07, 6.45) is 3.39. The van der Waals surface area contributed by atoms with Gasteiger partial charge in [-0.05, 0) is 17.5 Å². The smallest absolute Gasteiger partial charge is 0.257 e. The number of pyridine rings is 1. The lowest BCUT2D eigenvalue weighted by molar-refractivity contribution is 0.847. The molecule has 0 atom stereocenters. The van der Waals surface area contributed by atoms with Crippen LogP contribution < -0.4 is 5.56 Å². The molecule has 2 aromatic rings. The monoisotopic (exact) mass is 188 g/mol. The molecular weight excluding hydrogens is 176 g/mol. The van der Waals surface area contributed by atoms with Crippen LogP contribution in [-0.4, -0.2) is 9.38 Å². The normalized spacial score (nSPS) is 11.1. The lowest BCUT2D eigenvalue weighted by atomic mass is 10.1. The van der Waals surface area contributed by atoms with E-state index in [9.17, 15) is 4.79 Å². The van der Waals surface area contributed by atoms with Crippen molar-refractivity contribution in [1.29, 1.82) is 0 Å². The van der Waals surface area contributed by atoms with Crippen molar-refractivity contribution < 1.29 is 0 Å². The Morgan fingerprint density at radius 2 is 2.07 bits per heavy atom. The van der Waals surface area contributed by atoms with E-state index in [2.05, 4.69) is 18.8 Å². The van der Waals surface area contributed by atoms with Crippen LogP contribution in [0, 0.1) is 0 Å². The zero-order chi connectivity index (χ0) is 10.1. The number of hydrogen-bond donors (Lipinski definition) is 0. The molecule has 0 amide bonds. The van der Waals surface area contributed by atoms with Gasteiger partial charge < -0.3 is 0 Å². The first-order valence-corrected chi connectivity index (χ1v) is 4.66. The van der Waals surface area contributed by atoms with E-state index in [4.69, 9.17) is 0 Å². The van der Waals surface area contributed by atoms with Gasteiger partial charge in [-0.15, -0.1) is 0 Å². The van der Waals surface area contributed by atoms with Crippen LogP contribution in [0.5, 0.6) is 0 Å². The number of nitrogens with zero attached hydrogens (tertiary/aromatic N) is 2. The predicted molar refractivity (Wildman–Crippen MR) is 55.6 cm³/mol. The van der Waals surface area contributed by atoms with Gasteiger partial charge in [0.25, 0.3) is 5.56 Å². The van der Waals surface area contributed by atoms with E-state index in [-0.39, 0.29) is 5.56 Å². The number of fused-ring (bicyclic) bond motifs is 1. The van der Waals surface area contributed by atoms with Crippen LogP contribution in [0.25, 0.3) is 5.65 Å². The molecule has 0 saturated carbocycles. The Balaban J connectivity index is 2.76. The van der Waals surface area contributed by atoms with Crippen molar-refractivity contribution >= 4 is 5.65 Å². The minimum atomic E-state index is -0.0301. The lowest BCUT2D eigenvalue weighted by Gasteiger charge is -2.06. The van der Waals surface area contributed by atoms with Gasteiger partial charge in [-0.2, -0.15) is 0 Å². The highest BCUT2D eigenvalue weighted by atomic mass is 16.1. The van der Waals surface area contributed by atoms with E-state index in [1.165, 1.54) is 12.3 Å². The molecule has 0 bridgehead atoms. The summed E-state index contributed by atoms with van der Waals surface area (Å²) in [5.74, 6) is 0.423. The van der Waals surface area contributed by atoms with Crippen molar-refractivity contribution in [3.8, 4) is 0 Å². The maximum absolute atomic E-state index is 11.5. The quantitative estimate of drug-likeness (QED) is 0.684. The molecule has 0 aliphatic rings. The molecule has 3 nitrogen and oxygen atoms in total. The van der Waals surface area contributed by atoms with E-state index < -0.39 is 0 Å². The minimum absolute atomic E-state index is 0.0301. The molecule has 14 heavy (non-hydrogen) atoms. The van der Waals surface area contributed by atoms with Crippen LogP contribution in [0.1, 0.15) is 25.3 Å². The highest BCUT2D eigenvalue weighted by Crippen LogP contribution is 2.13. The molecule has 0 aromatic carbocycles. The Labute approximate surface area is 82.0 Å². The average Bonchev–Trinajstić information content (AvgIpc) is 2.18. The Bertz CT molecular complexity index is 514. The highest BCUT2D eigenvalue weighted by Gasteiger charge is 2.01. The first kappa shape index (κ1) is 8.94. The molecule has 0 fully saturated rings. The summed E-state index contributed by atoms with van der Waals surface area (Å²) < 4.78 is 1.58. The maximum Gasteiger partial charge on any atom is 0.257 e. The second-order valence-corrected chi connectivity index (χ2v) is 3.63. The summed E-state index contributed by atoms with van der Waals surface area (Å²) in [5.41, 5.74) is 1.81. The largest absolute Gasteiger partial charge is 0.269 e. The third-order valence-electron chi connectivity index (χ3n) is 2.28. The van der Waals surface area contributed by atoms with Crippen LogP contribution in [0.4, 0.5) is 0 Å². The molecule has 0 spiro atoms. The van der Waals surface area contributed by atoms with Crippen LogP contribution in [-0.2, 0) is 0 Å². The molecule has 0 aliphatic heterocycles. The second kappa shape index (κ2) is 3.25. The SMILES string of the molecule is CC(C)c1ccc2nccc(=O)n2c1. The molecule has 3 heteroatoms. The average molecular weight is 188 g/mol. The first-order valence-electron chi connectivity index (χ1n) is 4.66. The Hall–Kier alpha value is -1.64. The molecule has 0 saturated heterocycles. The van der Waals surface area contributed by atoms with E-state index in [0.717, 1.165) is 5.56 Å². The van der Waals surface area contributed by atoms with E-state index in [1.54, 1.807) is 4.40 Å². The third-order valence-corrected chi connectivity index (χ3v) is 2.28. The number of hydrogen-bond acceptors (Lipinski definition) is 2. The van der Waals surface area contributed by atoms with Crippen LogP contribution in [0.15, 0.2) is 35.4 Å². The van der Waals surface area contributed by atoms with Gasteiger partial charge in [0.15, 0.2) is 0 Å². The minimum Gasteiger partial charge on any atom is -0.269 e. The summed E-state index contributed by atoms with van der Waals surface area (Å²) in [7, 11) is 0. The molecule has 0 N–H and O–H groups in total. The Kier molecular flexibility index (Phi) is 2.08. The van der Waals surface area contributed by atoms with E-state index >= 15 is 0 Å². The predicted octanol–water partition coefficient (Wildman–Crippen LogP) is 1.82. The molecule has 0 radical (unpaired) electrons. The van der Waals surface area contributed by atoms with Crippen molar-refractivity contribution in [2.75, 3.05) is 0 Å². The zero-order valence-electron chi connectivity index (χ0n) is 8.27. The molecule has 0 unspecified atom stereocenters. The molecule has 72 valence electrons. The van der Waals surface area contributed by atoms with Gasteiger partial charge in [-0.1, -0.05) is 19.9 Å². The summed E-state index contributed by atoms with van der Waals surface area (Å²) >= 11 is 0. The maximum atomic E-state index is 11.5. The van der Waals surface area contributed by atoms with E-state index in [1.807, 2.05) is 18.3 Å². The molecule has 2 aromatic heterocycles. The van der Waals surface area contributed by atoms with Gasteiger partial charge in [0, 0.05) is 18.5 Å². The third kappa shape index (κ3) is 1.41. The van der Waals surface area contributed by atoms with Crippen molar-refractivity contribution in [1.82, 2.24) is 9.38 Å². The summed E-state index contributed by atoms with van der Waals surface area (Å²) in [4.78, 5) is 15.6. The fourth-order valence-corrected chi connectivity index (χ4v) is 1.39.